The van der Waals surface area contributed by atoms with E-state index in [1.165, 1.54) is 77.0 Å². The fourth-order valence-corrected chi connectivity index (χ4v) is 3.27. The first-order valence-corrected chi connectivity index (χ1v) is 11.7. The van der Waals surface area contributed by atoms with Gasteiger partial charge in [0.25, 0.3) is 0 Å². The standard InChI is InChI=1S/C23H43NO5.Mg.2H/c1-2-3-4-5-6-7-8-9-10-11-12-13-14-15-16-17-21(25)29-22(26)19-18-20(24)23(27)28;;;/h20H,2-19,24H2,1H3,(H,27,28);;;/q;+2;2*-1/t20-;;;/m0.../s1. The Kier molecular flexibility index (Phi) is 24.2. The molecular weight excluding hydrogens is 395 g/mol. The van der Waals surface area contributed by atoms with Gasteiger partial charge in [-0.1, -0.05) is 96.8 Å². The quantitative estimate of drug-likeness (QED) is 0.114. The zero-order valence-electron chi connectivity index (χ0n) is 21.2. The van der Waals surface area contributed by atoms with E-state index >= 15 is 0 Å². The average molecular weight is 440 g/mol. The van der Waals surface area contributed by atoms with Crippen molar-refractivity contribution in [2.45, 2.75) is 129 Å². The van der Waals surface area contributed by atoms with Crippen LogP contribution in [-0.2, 0) is 19.1 Å². The Labute approximate surface area is 202 Å². The SMILES string of the molecule is CCCCCCCCCCCCCCCCCC(=O)OC(=O)CC[C@H](N)C(=O)O.[H-].[H-].[Mg+2]. The van der Waals surface area contributed by atoms with Crippen LogP contribution in [0, 0.1) is 0 Å². The second kappa shape index (κ2) is 23.0. The molecule has 0 heterocycles. The van der Waals surface area contributed by atoms with E-state index in [4.69, 9.17) is 10.8 Å². The number of nitrogens with two attached hydrogens (primary N) is 1. The Morgan fingerprint density at radius 2 is 1.10 bits per heavy atom. The van der Waals surface area contributed by atoms with Crippen LogP contribution in [-0.4, -0.2) is 52.1 Å². The summed E-state index contributed by atoms with van der Waals surface area (Å²) < 4.78 is 4.67. The van der Waals surface area contributed by atoms with Crippen LogP contribution in [0.1, 0.15) is 125 Å². The van der Waals surface area contributed by atoms with Crippen LogP contribution in [0.5, 0.6) is 0 Å². The van der Waals surface area contributed by atoms with Crippen LogP contribution < -0.4 is 5.73 Å². The largest absolute Gasteiger partial charge is 2.00 e. The fraction of sp³-hybridized carbons (Fsp3) is 0.870. The second-order valence-electron chi connectivity index (χ2n) is 8.03. The van der Waals surface area contributed by atoms with Crippen LogP contribution in [0.25, 0.3) is 0 Å². The van der Waals surface area contributed by atoms with Gasteiger partial charge in [-0.3, -0.25) is 14.4 Å². The molecule has 0 unspecified atom stereocenters. The molecule has 0 aromatic carbocycles. The van der Waals surface area contributed by atoms with Gasteiger partial charge in [-0.2, -0.15) is 0 Å². The average Bonchev–Trinajstić information content (AvgIpc) is 2.68. The molecule has 0 rings (SSSR count). The molecule has 0 amide bonds. The maximum Gasteiger partial charge on any atom is 2.00 e. The Balaban J connectivity index is -0.00000131. The number of esters is 2. The molecule has 0 aromatic rings. The molecule has 0 radical (unpaired) electrons. The number of hydrogen-bond acceptors (Lipinski definition) is 5. The summed E-state index contributed by atoms with van der Waals surface area (Å²) in [5, 5.41) is 8.63. The second-order valence-corrected chi connectivity index (χ2v) is 8.03. The molecule has 0 aliphatic carbocycles. The summed E-state index contributed by atoms with van der Waals surface area (Å²) in [7, 11) is 0. The first-order valence-electron chi connectivity index (χ1n) is 11.7. The maximum atomic E-state index is 11.6. The van der Waals surface area contributed by atoms with Gasteiger partial charge in [-0.25, -0.2) is 0 Å². The van der Waals surface area contributed by atoms with Crippen LogP contribution in [0.4, 0.5) is 0 Å². The molecule has 0 aliphatic rings. The van der Waals surface area contributed by atoms with Gasteiger partial charge >= 0.3 is 41.0 Å². The summed E-state index contributed by atoms with van der Waals surface area (Å²) in [4.78, 5) is 33.6. The summed E-state index contributed by atoms with van der Waals surface area (Å²) in [6, 6.07) is -1.10. The molecule has 174 valence electrons. The van der Waals surface area contributed by atoms with Crippen molar-refractivity contribution in [3.63, 3.8) is 0 Å². The Bertz CT molecular complexity index is 456. The van der Waals surface area contributed by atoms with Crippen molar-refractivity contribution in [3.05, 3.63) is 0 Å². The van der Waals surface area contributed by atoms with E-state index in [1.54, 1.807) is 0 Å². The van der Waals surface area contributed by atoms with Gasteiger partial charge in [0.2, 0.25) is 0 Å². The van der Waals surface area contributed by atoms with E-state index in [0.29, 0.717) is 0 Å². The predicted molar refractivity (Wildman–Crippen MR) is 123 cm³/mol. The van der Waals surface area contributed by atoms with Crippen molar-refractivity contribution in [2.24, 2.45) is 5.73 Å². The molecule has 3 N–H and O–H groups in total. The third-order valence-electron chi connectivity index (χ3n) is 5.19. The van der Waals surface area contributed by atoms with Gasteiger partial charge in [-0.15, -0.1) is 0 Å². The molecule has 0 spiro atoms. The van der Waals surface area contributed by atoms with Crippen LogP contribution in [0.2, 0.25) is 0 Å². The number of rotatable bonds is 20. The maximum absolute atomic E-state index is 11.6. The minimum atomic E-state index is -1.16. The van der Waals surface area contributed by atoms with Gasteiger partial charge in [0, 0.05) is 12.8 Å². The third kappa shape index (κ3) is 22.0. The van der Waals surface area contributed by atoms with Gasteiger partial charge in [0.15, 0.2) is 0 Å². The van der Waals surface area contributed by atoms with E-state index in [1.807, 2.05) is 0 Å². The zero-order chi connectivity index (χ0) is 21.7. The molecule has 7 heteroatoms. The summed E-state index contributed by atoms with van der Waals surface area (Å²) in [6.07, 6.45) is 18.9. The van der Waals surface area contributed by atoms with E-state index < -0.39 is 23.9 Å². The van der Waals surface area contributed by atoms with Crippen molar-refractivity contribution in [1.29, 1.82) is 0 Å². The number of ether oxygens (including phenoxy) is 1. The molecule has 0 aliphatic heterocycles. The Morgan fingerprint density at radius 1 is 0.733 bits per heavy atom. The molecule has 6 nitrogen and oxygen atoms in total. The van der Waals surface area contributed by atoms with Gasteiger partial charge in [-0.05, 0) is 12.8 Å². The zero-order valence-corrected chi connectivity index (χ0v) is 20.6. The molecule has 0 aromatic heterocycles. The fourth-order valence-electron chi connectivity index (χ4n) is 3.27. The normalized spacial score (nSPS) is 11.5. The molecule has 0 saturated carbocycles. The number of hydrogen-bond donors (Lipinski definition) is 2. The van der Waals surface area contributed by atoms with E-state index in [0.717, 1.165) is 19.3 Å². The first-order chi connectivity index (χ1) is 14.0. The number of aliphatic carboxylic acids is 1. The van der Waals surface area contributed by atoms with Crippen molar-refractivity contribution in [2.75, 3.05) is 0 Å². The number of carbonyl (C=O) groups is 3. The monoisotopic (exact) mass is 439 g/mol. The molecular formula is C23H45MgNO5. The molecule has 30 heavy (non-hydrogen) atoms. The van der Waals surface area contributed by atoms with E-state index in [9.17, 15) is 14.4 Å². The number of carboxylic acid groups (broad SMARTS) is 1. The third-order valence-corrected chi connectivity index (χ3v) is 5.19. The van der Waals surface area contributed by atoms with Crippen LogP contribution in [0.3, 0.4) is 0 Å². The summed E-state index contributed by atoms with van der Waals surface area (Å²) >= 11 is 0. The predicted octanol–water partition coefficient (Wildman–Crippen LogP) is 5.35. The first kappa shape index (κ1) is 31.5. The summed E-state index contributed by atoms with van der Waals surface area (Å²) in [5.74, 6) is -2.40. The minimum absolute atomic E-state index is 0. The summed E-state index contributed by atoms with van der Waals surface area (Å²) in [6.45, 7) is 2.25. The van der Waals surface area contributed by atoms with Crippen molar-refractivity contribution in [3.8, 4) is 0 Å². The van der Waals surface area contributed by atoms with Crippen molar-refractivity contribution < 1.29 is 27.1 Å². The number of carboxylic acids is 1. The molecule has 0 fully saturated rings. The smallest absolute Gasteiger partial charge is 1.00 e. The van der Waals surface area contributed by atoms with Gasteiger partial charge in [0.05, 0.1) is 0 Å². The molecule has 0 bridgehead atoms. The summed E-state index contributed by atoms with van der Waals surface area (Å²) in [5.41, 5.74) is 5.30. The van der Waals surface area contributed by atoms with E-state index in [2.05, 4.69) is 11.7 Å². The van der Waals surface area contributed by atoms with Crippen LogP contribution >= 0.6 is 0 Å². The number of unbranched alkanes of at least 4 members (excludes halogenated alkanes) is 14. The Morgan fingerprint density at radius 3 is 1.50 bits per heavy atom. The molecule has 0 saturated heterocycles. The van der Waals surface area contributed by atoms with Crippen LogP contribution in [0.15, 0.2) is 0 Å². The molecule has 1 atom stereocenters. The van der Waals surface area contributed by atoms with Gasteiger partial charge in [0.1, 0.15) is 6.04 Å². The van der Waals surface area contributed by atoms with Crippen molar-refractivity contribution in [1.82, 2.24) is 0 Å². The number of carbonyl (C=O) groups excluding carboxylic acids is 2. The topological polar surface area (TPSA) is 107 Å². The van der Waals surface area contributed by atoms with Crippen molar-refractivity contribution >= 4 is 41.0 Å². The Hall–Kier alpha value is -0.664. The van der Waals surface area contributed by atoms with E-state index in [-0.39, 0.29) is 45.2 Å². The minimum Gasteiger partial charge on any atom is -1.00 e. The van der Waals surface area contributed by atoms with Gasteiger partial charge < -0.3 is 18.4 Å².